The number of hydrogen-bond donors (Lipinski definition) is 2. The van der Waals surface area contributed by atoms with Crippen LogP contribution in [0.25, 0.3) is 0 Å². The highest BCUT2D eigenvalue weighted by molar-refractivity contribution is 6.04. The average Bonchev–Trinajstić information content (AvgIpc) is 2.54. The number of rotatable bonds is 6. The van der Waals surface area contributed by atoms with Crippen molar-refractivity contribution in [1.82, 2.24) is 0 Å². The van der Waals surface area contributed by atoms with Gasteiger partial charge in [0.25, 0.3) is 5.91 Å². The van der Waals surface area contributed by atoms with E-state index in [2.05, 4.69) is 17.1 Å². The van der Waals surface area contributed by atoms with Gasteiger partial charge < -0.3 is 16.0 Å². The van der Waals surface area contributed by atoms with E-state index in [4.69, 9.17) is 5.73 Å². The van der Waals surface area contributed by atoms with Crippen LogP contribution in [-0.2, 0) is 0 Å². The maximum absolute atomic E-state index is 12.1. The van der Waals surface area contributed by atoms with Crippen molar-refractivity contribution in [2.75, 3.05) is 29.9 Å². The third kappa shape index (κ3) is 4.07. The fourth-order valence-corrected chi connectivity index (χ4v) is 2.17. The topological polar surface area (TPSA) is 58.4 Å². The normalized spacial score (nSPS) is 10.2. The molecule has 4 heteroatoms. The van der Waals surface area contributed by atoms with Gasteiger partial charge >= 0.3 is 0 Å². The van der Waals surface area contributed by atoms with Crippen molar-refractivity contribution in [1.29, 1.82) is 0 Å². The highest BCUT2D eigenvalue weighted by atomic mass is 16.1. The van der Waals surface area contributed by atoms with Crippen molar-refractivity contribution in [3.63, 3.8) is 0 Å². The number of carbonyl (C=O) groups is 1. The molecule has 1 amide bonds. The van der Waals surface area contributed by atoms with E-state index >= 15 is 0 Å². The lowest BCUT2D eigenvalue weighted by molar-refractivity contribution is 0.102. The Morgan fingerprint density at radius 2 is 1.76 bits per heavy atom. The Kier molecular flexibility index (Phi) is 5.35. The van der Waals surface area contributed by atoms with Gasteiger partial charge in [0.15, 0.2) is 0 Å². The van der Waals surface area contributed by atoms with Crippen LogP contribution < -0.4 is 16.0 Å². The molecule has 2 aromatic rings. The Morgan fingerprint density at radius 3 is 2.33 bits per heavy atom. The molecule has 0 aromatic heterocycles. The molecule has 21 heavy (non-hydrogen) atoms. The molecule has 0 spiro atoms. The Labute approximate surface area is 125 Å². The summed E-state index contributed by atoms with van der Waals surface area (Å²) < 4.78 is 0. The van der Waals surface area contributed by atoms with Crippen molar-refractivity contribution < 1.29 is 4.79 Å². The zero-order valence-electron chi connectivity index (χ0n) is 12.3. The SMILES string of the molecule is CCN(CCN)c1ccc(NC(=O)c2ccccc2)cc1. The van der Waals surface area contributed by atoms with E-state index in [-0.39, 0.29) is 5.91 Å². The Hall–Kier alpha value is -2.33. The van der Waals surface area contributed by atoms with Gasteiger partial charge in [-0.25, -0.2) is 0 Å². The largest absolute Gasteiger partial charge is 0.371 e. The molecule has 110 valence electrons. The van der Waals surface area contributed by atoms with Crippen LogP contribution in [-0.4, -0.2) is 25.5 Å². The summed E-state index contributed by atoms with van der Waals surface area (Å²) in [7, 11) is 0. The zero-order chi connectivity index (χ0) is 15.1. The molecule has 2 aromatic carbocycles. The van der Waals surface area contributed by atoms with Crippen molar-refractivity contribution in [3.8, 4) is 0 Å². The second kappa shape index (κ2) is 7.45. The Morgan fingerprint density at radius 1 is 1.10 bits per heavy atom. The van der Waals surface area contributed by atoms with E-state index in [1.165, 1.54) is 0 Å². The fraction of sp³-hybridized carbons (Fsp3) is 0.235. The molecule has 0 saturated carbocycles. The van der Waals surface area contributed by atoms with E-state index in [1.54, 1.807) is 12.1 Å². The fourth-order valence-electron chi connectivity index (χ4n) is 2.17. The summed E-state index contributed by atoms with van der Waals surface area (Å²) in [5.74, 6) is -0.0994. The third-order valence-corrected chi connectivity index (χ3v) is 3.31. The molecule has 0 saturated heterocycles. The smallest absolute Gasteiger partial charge is 0.255 e. The first-order valence-electron chi connectivity index (χ1n) is 7.16. The van der Waals surface area contributed by atoms with Crippen LogP contribution in [0, 0.1) is 0 Å². The predicted octanol–water partition coefficient (Wildman–Crippen LogP) is 2.72. The van der Waals surface area contributed by atoms with Gasteiger partial charge in [-0.1, -0.05) is 18.2 Å². The number of amides is 1. The number of nitrogens with two attached hydrogens (primary N) is 1. The zero-order valence-corrected chi connectivity index (χ0v) is 12.3. The van der Waals surface area contributed by atoms with Crippen LogP contribution in [0.15, 0.2) is 54.6 Å². The first kappa shape index (κ1) is 15.1. The Bertz CT molecular complexity index is 566. The predicted molar refractivity (Wildman–Crippen MR) is 87.8 cm³/mol. The summed E-state index contributed by atoms with van der Waals surface area (Å²) in [5.41, 5.74) is 8.16. The number of anilines is 2. The van der Waals surface area contributed by atoms with Crippen LogP contribution in [0.5, 0.6) is 0 Å². The van der Waals surface area contributed by atoms with Gasteiger partial charge in [0, 0.05) is 36.6 Å². The van der Waals surface area contributed by atoms with Gasteiger partial charge in [-0.15, -0.1) is 0 Å². The minimum atomic E-state index is -0.0994. The average molecular weight is 283 g/mol. The van der Waals surface area contributed by atoms with Crippen LogP contribution in [0.1, 0.15) is 17.3 Å². The van der Waals surface area contributed by atoms with Crippen molar-refractivity contribution in [2.45, 2.75) is 6.92 Å². The van der Waals surface area contributed by atoms with Crippen LogP contribution >= 0.6 is 0 Å². The maximum Gasteiger partial charge on any atom is 0.255 e. The lowest BCUT2D eigenvalue weighted by Gasteiger charge is -2.22. The van der Waals surface area contributed by atoms with Crippen LogP contribution in [0.3, 0.4) is 0 Å². The van der Waals surface area contributed by atoms with Crippen LogP contribution in [0.4, 0.5) is 11.4 Å². The van der Waals surface area contributed by atoms with Crippen molar-refractivity contribution >= 4 is 17.3 Å². The third-order valence-electron chi connectivity index (χ3n) is 3.31. The molecular weight excluding hydrogens is 262 g/mol. The van der Waals surface area contributed by atoms with Crippen molar-refractivity contribution in [3.05, 3.63) is 60.2 Å². The molecule has 0 aliphatic rings. The number of nitrogens with zero attached hydrogens (tertiary/aromatic N) is 1. The number of carbonyl (C=O) groups excluding carboxylic acids is 1. The summed E-state index contributed by atoms with van der Waals surface area (Å²) in [4.78, 5) is 14.3. The molecule has 3 N–H and O–H groups in total. The highest BCUT2D eigenvalue weighted by Gasteiger charge is 2.06. The molecule has 0 unspecified atom stereocenters. The van der Waals surface area contributed by atoms with Gasteiger partial charge in [-0.2, -0.15) is 0 Å². The molecule has 0 aliphatic carbocycles. The minimum Gasteiger partial charge on any atom is -0.371 e. The first-order chi connectivity index (χ1) is 10.2. The summed E-state index contributed by atoms with van der Waals surface area (Å²) in [6.45, 7) is 4.46. The molecule has 0 atom stereocenters. The van der Waals surface area contributed by atoms with E-state index in [0.29, 0.717) is 12.1 Å². The van der Waals surface area contributed by atoms with Gasteiger partial charge in [-0.3, -0.25) is 4.79 Å². The minimum absolute atomic E-state index is 0.0994. The van der Waals surface area contributed by atoms with Gasteiger partial charge in [0.2, 0.25) is 0 Å². The lowest BCUT2D eigenvalue weighted by atomic mass is 10.2. The molecule has 0 radical (unpaired) electrons. The number of nitrogens with one attached hydrogen (secondary N) is 1. The quantitative estimate of drug-likeness (QED) is 0.857. The number of likely N-dealkylation sites (N-methyl/N-ethyl adjacent to an activating group) is 1. The van der Waals surface area contributed by atoms with E-state index in [9.17, 15) is 4.79 Å². The second-order valence-corrected chi connectivity index (χ2v) is 4.74. The summed E-state index contributed by atoms with van der Waals surface area (Å²) in [5, 5.41) is 2.89. The Balaban J connectivity index is 2.04. The van der Waals surface area contributed by atoms with Crippen LogP contribution in [0.2, 0.25) is 0 Å². The van der Waals surface area contributed by atoms with Crippen molar-refractivity contribution in [2.24, 2.45) is 5.73 Å². The summed E-state index contributed by atoms with van der Waals surface area (Å²) >= 11 is 0. The highest BCUT2D eigenvalue weighted by Crippen LogP contribution is 2.18. The second-order valence-electron chi connectivity index (χ2n) is 4.74. The maximum atomic E-state index is 12.1. The van der Waals surface area contributed by atoms with Gasteiger partial charge in [0.05, 0.1) is 0 Å². The molecule has 0 aliphatic heterocycles. The van der Waals surface area contributed by atoms with Gasteiger partial charge in [-0.05, 0) is 43.3 Å². The molecule has 0 bridgehead atoms. The molecule has 0 fully saturated rings. The molecule has 4 nitrogen and oxygen atoms in total. The molecular formula is C17H21N3O. The van der Waals surface area contributed by atoms with Gasteiger partial charge in [0.1, 0.15) is 0 Å². The monoisotopic (exact) mass is 283 g/mol. The van der Waals surface area contributed by atoms with E-state index in [1.807, 2.05) is 42.5 Å². The standard InChI is InChI=1S/C17H21N3O/c1-2-20(13-12-18)16-10-8-15(9-11-16)19-17(21)14-6-4-3-5-7-14/h3-11H,2,12-13,18H2,1H3,(H,19,21). The number of benzene rings is 2. The summed E-state index contributed by atoms with van der Waals surface area (Å²) in [6, 6.07) is 17.0. The first-order valence-corrected chi connectivity index (χ1v) is 7.16. The van der Waals surface area contributed by atoms with E-state index in [0.717, 1.165) is 24.5 Å². The number of hydrogen-bond acceptors (Lipinski definition) is 3. The lowest BCUT2D eigenvalue weighted by Crippen LogP contribution is -2.28. The summed E-state index contributed by atoms with van der Waals surface area (Å²) in [6.07, 6.45) is 0. The van der Waals surface area contributed by atoms with E-state index < -0.39 is 0 Å². The molecule has 2 rings (SSSR count). The molecule has 0 heterocycles.